The number of carbonyl (C=O) groups excluding carboxylic acids is 1. The van der Waals surface area contributed by atoms with Gasteiger partial charge in [-0.05, 0) is 32.4 Å². The number of carbonyl (C=O) groups is 1. The summed E-state index contributed by atoms with van der Waals surface area (Å²) in [6, 6.07) is 3.77. The second-order valence-corrected chi connectivity index (χ2v) is 5.92. The fraction of sp³-hybridized carbons (Fsp3) is 0.545. The van der Waals surface area contributed by atoms with Crippen molar-refractivity contribution in [3.05, 3.63) is 24.2 Å². The third kappa shape index (κ3) is 4.81. The second kappa shape index (κ2) is 6.06. The minimum absolute atomic E-state index is 0.189. The summed E-state index contributed by atoms with van der Waals surface area (Å²) in [4.78, 5) is 16.4. The van der Waals surface area contributed by atoms with Crippen LogP contribution in [0.3, 0.4) is 0 Å². The molecule has 1 heterocycles. The molecule has 90 valence electrons. The molecule has 0 atom stereocenters. The normalized spacial score (nSPS) is 11.4. The highest BCUT2D eigenvalue weighted by molar-refractivity contribution is 9.10. The fourth-order valence-electron chi connectivity index (χ4n) is 1.01. The Hall–Kier alpha value is -0.810. The molecular weight excluding hydrogens is 274 g/mol. The summed E-state index contributed by atoms with van der Waals surface area (Å²) >= 11 is 3.24. The van der Waals surface area contributed by atoms with Crippen LogP contribution >= 0.6 is 15.9 Å². The van der Waals surface area contributed by atoms with E-state index in [1.54, 1.807) is 20.1 Å². The molecule has 1 amide bonds. The first kappa shape index (κ1) is 13.3. The molecule has 0 aliphatic heterocycles. The standard InChI is InChI=1S/C11H16BrNO3/c1-11(2,12)10(14)13-16-8-4-6-9-5-3-7-15-9/h3,5,7H,4,6,8H2,1-2H3,(H,13,14). The zero-order valence-corrected chi connectivity index (χ0v) is 11.0. The highest BCUT2D eigenvalue weighted by Crippen LogP contribution is 2.15. The van der Waals surface area contributed by atoms with Crippen LogP contribution < -0.4 is 5.48 Å². The number of hydroxylamine groups is 1. The molecule has 0 radical (unpaired) electrons. The van der Waals surface area contributed by atoms with Crippen molar-refractivity contribution in [3.8, 4) is 0 Å². The molecule has 5 heteroatoms. The van der Waals surface area contributed by atoms with E-state index in [4.69, 9.17) is 9.25 Å². The number of aryl methyl sites for hydroxylation is 1. The number of alkyl halides is 1. The largest absolute Gasteiger partial charge is 0.469 e. The van der Waals surface area contributed by atoms with Crippen LogP contribution in [0.2, 0.25) is 0 Å². The van der Waals surface area contributed by atoms with E-state index in [1.165, 1.54) is 0 Å². The van der Waals surface area contributed by atoms with E-state index in [0.717, 1.165) is 18.6 Å². The molecule has 0 aromatic carbocycles. The number of hydrogen-bond donors (Lipinski definition) is 1. The highest BCUT2D eigenvalue weighted by Gasteiger charge is 2.23. The summed E-state index contributed by atoms with van der Waals surface area (Å²) in [5.74, 6) is 0.737. The molecule has 0 fully saturated rings. The van der Waals surface area contributed by atoms with Gasteiger partial charge in [-0.15, -0.1) is 0 Å². The van der Waals surface area contributed by atoms with Gasteiger partial charge in [0.15, 0.2) is 0 Å². The van der Waals surface area contributed by atoms with Crippen molar-refractivity contribution in [2.75, 3.05) is 6.61 Å². The minimum Gasteiger partial charge on any atom is -0.469 e. The molecule has 0 bridgehead atoms. The first-order chi connectivity index (χ1) is 7.50. The van der Waals surface area contributed by atoms with Crippen LogP contribution in [0.1, 0.15) is 26.0 Å². The van der Waals surface area contributed by atoms with Crippen molar-refractivity contribution in [3.63, 3.8) is 0 Å². The Morgan fingerprint density at radius 2 is 2.38 bits per heavy atom. The smallest absolute Gasteiger partial charge is 0.259 e. The van der Waals surface area contributed by atoms with Gasteiger partial charge in [0.1, 0.15) is 10.1 Å². The van der Waals surface area contributed by atoms with Crippen molar-refractivity contribution < 1.29 is 14.0 Å². The topological polar surface area (TPSA) is 51.5 Å². The van der Waals surface area contributed by atoms with E-state index in [1.807, 2.05) is 12.1 Å². The first-order valence-corrected chi connectivity index (χ1v) is 5.93. The predicted octanol–water partition coefficient (Wildman–Crippen LogP) is 2.43. The molecule has 0 saturated carbocycles. The monoisotopic (exact) mass is 289 g/mol. The molecular formula is C11H16BrNO3. The van der Waals surface area contributed by atoms with Gasteiger partial charge in [0.25, 0.3) is 5.91 Å². The first-order valence-electron chi connectivity index (χ1n) is 5.13. The Morgan fingerprint density at radius 3 is 2.94 bits per heavy atom. The number of hydrogen-bond acceptors (Lipinski definition) is 3. The van der Waals surface area contributed by atoms with Gasteiger partial charge in [-0.1, -0.05) is 15.9 Å². The summed E-state index contributed by atoms with van der Waals surface area (Å²) < 4.78 is 4.56. The van der Waals surface area contributed by atoms with E-state index >= 15 is 0 Å². The number of rotatable bonds is 6. The molecule has 0 unspecified atom stereocenters. The van der Waals surface area contributed by atoms with Crippen LogP contribution in [-0.2, 0) is 16.1 Å². The van der Waals surface area contributed by atoms with Crippen molar-refractivity contribution >= 4 is 21.8 Å². The number of amides is 1. The summed E-state index contributed by atoms with van der Waals surface area (Å²) in [6.45, 7) is 3.98. The Labute approximate surface area is 103 Å². The Morgan fingerprint density at radius 1 is 1.62 bits per heavy atom. The molecule has 0 aliphatic rings. The van der Waals surface area contributed by atoms with Gasteiger partial charge in [0.05, 0.1) is 12.9 Å². The maximum Gasteiger partial charge on any atom is 0.259 e. The van der Waals surface area contributed by atoms with E-state index in [2.05, 4.69) is 21.4 Å². The third-order valence-corrected chi connectivity index (χ3v) is 2.31. The second-order valence-electron chi connectivity index (χ2n) is 3.94. The van der Waals surface area contributed by atoms with Gasteiger partial charge in [-0.2, -0.15) is 0 Å². The summed E-state index contributed by atoms with van der Waals surface area (Å²) in [5.41, 5.74) is 2.39. The van der Waals surface area contributed by atoms with Gasteiger partial charge >= 0.3 is 0 Å². The van der Waals surface area contributed by atoms with E-state index < -0.39 is 4.32 Å². The van der Waals surface area contributed by atoms with E-state index in [0.29, 0.717) is 6.61 Å². The van der Waals surface area contributed by atoms with E-state index in [-0.39, 0.29) is 5.91 Å². The Balaban J connectivity index is 2.06. The molecule has 0 spiro atoms. The third-order valence-electron chi connectivity index (χ3n) is 1.95. The maximum absolute atomic E-state index is 11.4. The average molecular weight is 290 g/mol. The van der Waals surface area contributed by atoms with Crippen LogP contribution in [-0.4, -0.2) is 16.8 Å². The van der Waals surface area contributed by atoms with Gasteiger partial charge in [-0.3, -0.25) is 9.63 Å². The van der Waals surface area contributed by atoms with Crippen LogP contribution in [0.15, 0.2) is 22.8 Å². The van der Waals surface area contributed by atoms with Gasteiger partial charge in [0.2, 0.25) is 0 Å². The van der Waals surface area contributed by atoms with Gasteiger partial charge in [-0.25, -0.2) is 5.48 Å². The SMILES string of the molecule is CC(C)(Br)C(=O)NOCCCc1ccco1. The van der Waals surface area contributed by atoms with Crippen molar-refractivity contribution in [1.29, 1.82) is 0 Å². The fourth-order valence-corrected chi connectivity index (χ4v) is 1.09. The Kier molecular flexibility index (Phi) is 5.02. The summed E-state index contributed by atoms with van der Waals surface area (Å²) in [6.07, 6.45) is 3.25. The van der Waals surface area contributed by atoms with Crippen molar-refractivity contribution in [1.82, 2.24) is 5.48 Å². The van der Waals surface area contributed by atoms with Gasteiger partial charge in [0, 0.05) is 6.42 Å². The summed E-state index contributed by atoms with van der Waals surface area (Å²) in [7, 11) is 0. The number of furan rings is 1. The molecule has 1 aromatic rings. The maximum atomic E-state index is 11.4. The highest BCUT2D eigenvalue weighted by atomic mass is 79.9. The van der Waals surface area contributed by atoms with E-state index in [9.17, 15) is 4.79 Å². The quantitative estimate of drug-likeness (QED) is 0.497. The number of halogens is 1. The average Bonchev–Trinajstić information content (AvgIpc) is 2.68. The zero-order chi connectivity index (χ0) is 12.0. The lowest BCUT2D eigenvalue weighted by Crippen LogP contribution is -2.37. The summed E-state index contributed by atoms with van der Waals surface area (Å²) in [5, 5.41) is 0. The van der Waals surface area contributed by atoms with Crippen LogP contribution in [0.5, 0.6) is 0 Å². The Bertz CT molecular complexity index is 316. The zero-order valence-electron chi connectivity index (χ0n) is 9.46. The van der Waals surface area contributed by atoms with Crippen molar-refractivity contribution in [2.45, 2.75) is 31.0 Å². The lowest BCUT2D eigenvalue weighted by Gasteiger charge is -2.15. The molecule has 4 nitrogen and oxygen atoms in total. The molecule has 16 heavy (non-hydrogen) atoms. The lowest BCUT2D eigenvalue weighted by atomic mass is 10.2. The predicted molar refractivity (Wildman–Crippen MR) is 64.1 cm³/mol. The molecule has 1 aromatic heterocycles. The van der Waals surface area contributed by atoms with Crippen molar-refractivity contribution in [2.24, 2.45) is 0 Å². The van der Waals surface area contributed by atoms with Crippen LogP contribution in [0.25, 0.3) is 0 Å². The minimum atomic E-state index is -0.603. The molecule has 1 rings (SSSR count). The lowest BCUT2D eigenvalue weighted by molar-refractivity contribution is -0.135. The molecule has 1 N–H and O–H groups in total. The number of nitrogens with one attached hydrogen (secondary N) is 1. The molecule has 0 aliphatic carbocycles. The van der Waals surface area contributed by atoms with Crippen LogP contribution in [0, 0.1) is 0 Å². The van der Waals surface area contributed by atoms with Gasteiger partial charge < -0.3 is 4.42 Å². The van der Waals surface area contributed by atoms with Crippen LogP contribution in [0.4, 0.5) is 0 Å². The molecule has 0 saturated heterocycles.